The van der Waals surface area contributed by atoms with E-state index in [0.717, 1.165) is 24.8 Å². The lowest BCUT2D eigenvalue weighted by molar-refractivity contribution is 0.717. The van der Waals surface area contributed by atoms with Gasteiger partial charge in [0.25, 0.3) is 0 Å². The fraction of sp³-hybridized carbons (Fsp3) is 0.400. The summed E-state index contributed by atoms with van der Waals surface area (Å²) in [4.78, 5) is 8.59. The van der Waals surface area contributed by atoms with E-state index in [-0.39, 0.29) is 0 Å². The van der Waals surface area contributed by atoms with Gasteiger partial charge in [0.2, 0.25) is 5.82 Å². The molecule has 2 nitrogen and oxygen atoms in total. The highest BCUT2D eigenvalue weighted by Crippen LogP contribution is 2.08. The first-order valence-corrected chi connectivity index (χ1v) is 8.23. The fourth-order valence-electron chi connectivity index (χ4n) is 2.30. The summed E-state index contributed by atoms with van der Waals surface area (Å²) in [6.07, 6.45) is 10.9. The Morgan fingerprint density at radius 2 is 1.50 bits per heavy atom. The third-order valence-corrected chi connectivity index (χ3v) is 3.59. The summed E-state index contributed by atoms with van der Waals surface area (Å²) in [6, 6.07) is 8.51. The van der Waals surface area contributed by atoms with Crippen LogP contribution in [0, 0.1) is 11.8 Å². The van der Waals surface area contributed by atoms with Gasteiger partial charge in [0.15, 0.2) is 0 Å². The number of aromatic nitrogens is 2. The molecular formula is C20H24N2. The van der Waals surface area contributed by atoms with Gasteiger partial charge >= 0.3 is 0 Å². The van der Waals surface area contributed by atoms with Gasteiger partial charge in [-0.3, -0.25) is 0 Å². The Kier molecular flexibility index (Phi) is 6.64. The van der Waals surface area contributed by atoms with Crippen molar-refractivity contribution in [1.29, 1.82) is 0 Å². The highest BCUT2D eigenvalue weighted by Gasteiger charge is 1.95. The van der Waals surface area contributed by atoms with Gasteiger partial charge in [-0.25, -0.2) is 9.97 Å². The Morgan fingerprint density at radius 3 is 2.14 bits per heavy atom. The fourth-order valence-corrected chi connectivity index (χ4v) is 2.30. The predicted octanol–water partition coefficient (Wildman–Crippen LogP) is 4.56. The molecule has 2 rings (SSSR count). The lowest BCUT2D eigenvalue weighted by Crippen LogP contribution is -1.92. The summed E-state index contributed by atoms with van der Waals surface area (Å²) in [5.74, 6) is 6.75. The minimum Gasteiger partial charge on any atom is -0.229 e. The predicted molar refractivity (Wildman–Crippen MR) is 91.7 cm³/mol. The molecule has 22 heavy (non-hydrogen) atoms. The van der Waals surface area contributed by atoms with Crippen LogP contribution in [0.4, 0.5) is 0 Å². The molecule has 2 heteroatoms. The molecule has 1 aromatic carbocycles. The van der Waals surface area contributed by atoms with Crippen LogP contribution in [-0.4, -0.2) is 9.97 Å². The molecule has 0 saturated heterocycles. The van der Waals surface area contributed by atoms with Crippen LogP contribution < -0.4 is 0 Å². The van der Waals surface area contributed by atoms with Gasteiger partial charge in [0.1, 0.15) is 0 Å². The molecule has 0 atom stereocenters. The maximum Gasteiger partial charge on any atom is 0.205 e. The van der Waals surface area contributed by atoms with Crippen molar-refractivity contribution in [2.75, 3.05) is 0 Å². The molecule has 1 aromatic heterocycles. The monoisotopic (exact) mass is 292 g/mol. The third kappa shape index (κ3) is 5.33. The number of hydrogen-bond acceptors (Lipinski definition) is 2. The molecule has 0 amide bonds. The first kappa shape index (κ1) is 16.2. The van der Waals surface area contributed by atoms with Gasteiger partial charge in [0.05, 0.1) is 0 Å². The second-order valence-corrected chi connectivity index (χ2v) is 5.57. The van der Waals surface area contributed by atoms with Crippen molar-refractivity contribution in [3.63, 3.8) is 0 Å². The van der Waals surface area contributed by atoms with E-state index in [4.69, 9.17) is 0 Å². The molecule has 0 fully saturated rings. The summed E-state index contributed by atoms with van der Waals surface area (Å²) in [5.41, 5.74) is 3.57. The summed E-state index contributed by atoms with van der Waals surface area (Å²) in [5, 5.41) is 0. The topological polar surface area (TPSA) is 25.8 Å². The van der Waals surface area contributed by atoms with Crippen molar-refractivity contribution in [3.05, 3.63) is 59.2 Å². The molecule has 0 N–H and O–H groups in total. The second kappa shape index (κ2) is 9.00. The average molecular weight is 292 g/mol. The van der Waals surface area contributed by atoms with Crippen molar-refractivity contribution < 1.29 is 0 Å². The molecular weight excluding hydrogens is 268 g/mol. The van der Waals surface area contributed by atoms with Crippen LogP contribution in [0.25, 0.3) is 0 Å². The van der Waals surface area contributed by atoms with Gasteiger partial charge in [-0.05, 0) is 48.4 Å². The Bertz CT molecular complexity index is 615. The molecule has 0 saturated carbocycles. The maximum absolute atomic E-state index is 4.30. The Hall–Kier alpha value is -2.14. The number of unbranched alkanes of at least 4 members (excludes halogenated alkanes) is 2. The van der Waals surface area contributed by atoms with Crippen molar-refractivity contribution >= 4 is 0 Å². The van der Waals surface area contributed by atoms with E-state index in [1.165, 1.54) is 30.4 Å². The Balaban J connectivity index is 1.96. The molecule has 0 spiro atoms. The van der Waals surface area contributed by atoms with Crippen LogP contribution in [0.3, 0.4) is 0 Å². The number of nitrogens with zero attached hydrogens (tertiary/aromatic N) is 2. The van der Waals surface area contributed by atoms with E-state index < -0.39 is 0 Å². The van der Waals surface area contributed by atoms with E-state index in [9.17, 15) is 0 Å². The van der Waals surface area contributed by atoms with Crippen LogP contribution in [0.5, 0.6) is 0 Å². The second-order valence-electron chi connectivity index (χ2n) is 5.57. The minimum absolute atomic E-state index is 0.590. The molecule has 0 bridgehead atoms. The summed E-state index contributed by atoms with van der Waals surface area (Å²) in [6.45, 7) is 4.38. The van der Waals surface area contributed by atoms with Gasteiger partial charge in [-0.1, -0.05) is 51.2 Å². The number of rotatable bonds is 6. The molecule has 2 aromatic rings. The zero-order valence-electron chi connectivity index (χ0n) is 13.6. The SMILES string of the molecule is CCCCCc1ccc(C#Cc2ncc(CCC)cn2)cc1. The number of aryl methyl sites for hydroxylation is 2. The molecule has 1 heterocycles. The van der Waals surface area contributed by atoms with E-state index >= 15 is 0 Å². The molecule has 0 unspecified atom stereocenters. The van der Waals surface area contributed by atoms with Gasteiger partial charge in [-0.2, -0.15) is 0 Å². The van der Waals surface area contributed by atoms with Crippen LogP contribution in [0.15, 0.2) is 36.7 Å². The van der Waals surface area contributed by atoms with E-state index in [1.807, 2.05) is 12.4 Å². The summed E-state index contributed by atoms with van der Waals surface area (Å²) >= 11 is 0. The number of hydrogen-bond donors (Lipinski definition) is 0. The van der Waals surface area contributed by atoms with Crippen LogP contribution in [-0.2, 0) is 12.8 Å². The Morgan fingerprint density at radius 1 is 0.773 bits per heavy atom. The largest absolute Gasteiger partial charge is 0.229 e. The first-order valence-electron chi connectivity index (χ1n) is 8.23. The Labute approximate surface area is 134 Å². The zero-order valence-corrected chi connectivity index (χ0v) is 13.6. The van der Waals surface area contributed by atoms with Crippen molar-refractivity contribution in [3.8, 4) is 11.8 Å². The smallest absolute Gasteiger partial charge is 0.205 e. The normalized spacial score (nSPS) is 10.1. The lowest BCUT2D eigenvalue weighted by atomic mass is 10.1. The molecule has 0 aliphatic heterocycles. The third-order valence-electron chi connectivity index (χ3n) is 3.59. The summed E-state index contributed by atoms with van der Waals surface area (Å²) < 4.78 is 0. The highest BCUT2D eigenvalue weighted by atomic mass is 14.8. The van der Waals surface area contributed by atoms with Gasteiger partial charge < -0.3 is 0 Å². The molecule has 0 aliphatic carbocycles. The first-order chi connectivity index (χ1) is 10.8. The van der Waals surface area contributed by atoms with Crippen molar-refractivity contribution in [2.24, 2.45) is 0 Å². The van der Waals surface area contributed by atoms with Crippen molar-refractivity contribution in [2.45, 2.75) is 52.4 Å². The zero-order chi connectivity index (χ0) is 15.6. The van der Waals surface area contributed by atoms with Gasteiger partial charge in [0, 0.05) is 18.0 Å². The van der Waals surface area contributed by atoms with Gasteiger partial charge in [-0.15, -0.1) is 0 Å². The molecule has 0 radical (unpaired) electrons. The average Bonchev–Trinajstić information content (AvgIpc) is 2.56. The lowest BCUT2D eigenvalue weighted by Gasteiger charge is -2.00. The van der Waals surface area contributed by atoms with E-state index in [0.29, 0.717) is 5.82 Å². The maximum atomic E-state index is 4.30. The standard InChI is InChI=1S/C20H24N2/c1-3-5-6-8-17-9-11-18(12-10-17)13-14-20-21-15-19(7-4-2)16-22-20/h9-12,15-16H,3-8H2,1-2H3. The van der Waals surface area contributed by atoms with E-state index in [2.05, 4.69) is 59.9 Å². The minimum atomic E-state index is 0.590. The number of benzene rings is 1. The van der Waals surface area contributed by atoms with Crippen molar-refractivity contribution in [1.82, 2.24) is 9.97 Å². The van der Waals surface area contributed by atoms with Crippen LogP contribution in [0.1, 0.15) is 62.0 Å². The van der Waals surface area contributed by atoms with Crippen LogP contribution >= 0.6 is 0 Å². The molecule has 114 valence electrons. The van der Waals surface area contributed by atoms with E-state index in [1.54, 1.807) is 0 Å². The highest BCUT2D eigenvalue weighted by molar-refractivity contribution is 5.39. The quantitative estimate of drug-likeness (QED) is 0.576. The summed E-state index contributed by atoms with van der Waals surface area (Å²) in [7, 11) is 0. The molecule has 0 aliphatic rings. The van der Waals surface area contributed by atoms with Crippen LogP contribution in [0.2, 0.25) is 0 Å².